The van der Waals surface area contributed by atoms with Gasteiger partial charge in [0.15, 0.2) is 9.84 Å². The molecule has 0 aliphatic carbocycles. The van der Waals surface area contributed by atoms with E-state index in [0.717, 1.165) is 0 Å². The molecule has 0 amide bonds. The molecule has 92 valence electrons. The molecule has 0 bridgehead atoms. The van der Waals surface area contributed by atoms with E-state index in [1.807, 2.05) is 6.92 Å². The summed E-state index contributed by atoms with van der Waals surface area (Å²) in [5.74, 6) is 0.838. The molecule has 0 unspecified atom stereocenters. The van der Waals surface area contributed by atoms with Crippen molar-refractivity contribution in [3.05, 3.63) is 0 Å². The van der Waals surface area contributed by atoms with Crippen LogP contribution in [0.4, 0.5) is 0 Å². The highest BCUT2D eigenvalue weighted by molar-refractivity contribution is 7.92. The van der Waals surface area contributed by atoms with Crippen molar-refractivity contribution in [2.75, 3.05) is 24.1 Å². The molecule has 0 saturated carbocycles. The minimum Gasteiger partial charge on any atom is -0.308 e. The standard InChI is InChI=1S/C9H19Cl2NO2S/c1-8(2)15(13,14)5-4-12-9(3,6-10)7-11/h8,12H,4-7H2,1-3H3. The molecule has 0 aliphatic heterocycles. The third-order valence-electron chi connectivity index (χ3n) is 2.25. The molecule has 0 saturated heterocycles. The Hall–Kier alpha value is 0.490. The molecule has 0 radical (unpaired) electrons. The van der Waals surface area contributed by atoms with Crippen molar-refractivity contribution in [3.8, 4) is 0 Å². The van der Waals surface area contributed by atoms with Gasteiger partial charge >= 0.3 is 0 Å². The van der Waals surface area contributed by atoms with Crippen molar-refractivity contribution >= 4 is 33.0 Å². The highest BCUT2D eigenvalue weighted by Gasteiger charge is 2.23. The number of nitrogens with one attached hydrogen (secondary N) is 1. The van der Waals surface area contributed by atoms with Crippen LogP contribution in [0.25, 0.3) is 0 Å². The minimum atomic E-state index is -2.99. The van der Waals surface area contributed by atoms with Crippen LogP contribution in [0.15, 0.2) is 0 Å². The first kappa shape index (κ1) is 15.5. The quantitative estimate of drug-likeness (QED) is 0.719. The fourth-order valence-electron chi connectivity index (χ4n) is 0.861. The predicted molar refractivity (Wildman–Crippen MR) is 66.8 cm³/mol. The number of hydrogen-bond acceptors (Lipinski definition) is 3. The van der Waals surface area contributed by atoms with E-state index in [-0.39, 0.29) is 11.0 Å². The van der Waals surface area contributed by atoms with Crippen molar-refractivity contribution in [2.24, 2.45) is 0 Å². The second kappa shape index (κ2) is 6.28. The first-order valence-corrected chi connectivity index (χ1v) is 7.64. The lowest BCUT2D eigenvalue weighted by Gasteiger charge is -2.26. The molecule has 1 N–H and O–H groups in total. The Morgan fingerprint density at radius 3 is 2.07 bits per heavy atom. The third kappa shape index (κ3) is 5.38. The average molecular weight is 276 g/mol. The second-order valence-corrected chi connectivity index (χ2v) is 7.38. The normalized spacial score (nSPS) is 13.5. The maximum Gasteiger partial charge on any atom is 0.153 e. The molecule has 0 rings (SSSR count). The number of hydrogen-bond donors (Lipinski definition) is 1. The summed E-state index contributed by atoms with van der Waals surface area (Å²) in [7, 11) is -2.99. The zero-order chi connectivity index (χ0) is 12.1. The van der Waals surface area contributed by atoms with Crippen LogP contribution in [-0.4, -0.2) is 43.3 Å². The Balaban J connectivity index is 4.10. The van der Waals surface area contributed by atoms with Crippen LogP contribution >= 0.6 is 23.2 Å². The summed E-state index contributed by atoms with van der Waals surface area (Å²) < 4.78 is 23.0. The van der Waals surface area contributed by atoms with E-state index in [1.54, 1.807) is 13.8 Å². The first-order valence-electron chi connectivity index (χ1n) is 4.86. The van der Waals surface area contributed by atoms with Crippen LogP contribution in [0.5, 0.6) is 0 Å². The van der Waals surface area contributed by atoms with Gasteiger partial charge in [0.25, 0.3) is 0 Å². The van der Waals surface area contributed by atoms with E-state index < -0.39 is 15.4 Å². The summed E-state index contributed by atoms with van der Waals surface area (Å²) in [5.41, 5.74) is -0.393. The zero-order valence-electron chi connectivity index (χ0n) is 9.39. The van der Waals surface area contributed by atoms with Crippen LogP contribution in [-0.2, 0) is 9.84 Å². The van der Waals surface area contributed by atoms with Gasteiger partial charge in [-0.1, -0.05) is 0 Å². The fraction of sp³-hybridized carbons (Fsp3) is 1.00. The molecule has 0 aromatic rings. The molecule has 0 atom stereocenters. The average Bonchev–Trinajstić information content (AvgIpc) is 2.17. The lowest BCUT2D eigenvalue weighted by molar-refractivity contribution is 0.449. The summed E-state index contributed by atoms with van der Waals surface area (Å²) in [6.45, 7) is 5.61. The Kier molecular flexibility index (Phi) is 6.49. The molecule has 0 spiro atoms. The van der Waals surface area contributed by atoms with Crippen LogP contribution in [0.2, 0.25) is 0 Å². The van der Waals surface area contributed by atoms with Gasteiger partial charge in [0.05, 0.1) is 11.0 Å². The van der Waals surface area contributed by atoms with Crippen LogP contribution in [0.1, 0.15) is 20.8 Å². The largest absolute Gasteiger partial charge is 0.308 e. The number of halogens is 2. The Bertz CT molecular complexity index is 274. The predicted octanol–water partition coefficient (Wildman–Crippen LogP) is 1.64. The van der Waals surface area contributed by atoms with E-state index >= 15 is 0 Å². The summed E-state index contributed by atoms with van der Waals surface area (Å²) in [4.78, 5) is 0. The molecule has 6 heteroatoms. The third-order valence-corrected chi connectivity index (χ3v) is 5.64. The van der Waals surface area contributed by atoms with Gasteiger partial charge < -0.3 is 5.32 Å². The van der Waals surface area contributed by atoms with E-state index in [1.165, 1.54) is 0 Å². The van der Waals surface area contributed by atoms with Crippen LogP contribution in [0, 0.1) is 0 Å². The van der Waals surface area contributed by atoms with Gasteiger partial charge in [0.1, 0.15) is 0 Å². The smallest absolute Gasteiger partial charge is 0.153 e. The van der Waals surface area contributed by atoms with Gasteiger partial charge in [-0.25, -0.2) is 8.42 Å². The summed E-state index contributed by atoms with van der Waals surface area (Å²) >= 11 is 11.5. The molecule has 0 aromatic carbocycles. The van der Waals surface area contributed by atoms with Gasteiger partial charge in [0.2, 0.25) is 0 Å². The Morgan fingerprint density at radius 1 is 1.27 bits per heavy atom. The molecular formula is C9H19Cl2NO2S. The van der Waals surface area contributed by atoms with Gasteiger partial charge in [0, 0.05) is 23.8 Å². The molecule has 0 fully saturated rings. The monoisotopic (exact) mass is 275 g/mol. The second-order valence-electron chi connectivity index (χ2n) is 4.17. The van der Waals surface area contributed by atoms with Crippen molar-refractivity contribution in [3.63, 3.8) is 0 Å². The van der Waals surface area contributed by atoms with Gasteiger partial charge in [-0.3, -0.25) is 0 Å². The van der Waals surface area contributed by atoms with Gasteiger partial charge in [-0.2, -0.15) is 0 Å². The fourth-order valence-corrected chi connectivity index (χ4v) is 2.19. The molecular weight excluding hydrogens is 257 g/mol. The first-order chi connectivity index (χ1) is 6.77. The summed E-state index contributed by atoms with van der Waals surface area (Å²) in [6.07, 6.45) is 0. The summed E-state index contributed by atoms with van der Waals surface area (Å²) in [6, 6.07) is 0. The maximum atomic E-state index is 11.5. The minimum absolute atomic E-state index is 0.119. The van der Waals surface area contributed by atoms with Crippen molar-refractivity contribution in [1.29, 1.82) is 0 Å². The maximum absolute atomic E-state index is 11.5. The van der Waals surface area contributed by atoms with E-state index in [0.29, 0.717) is 18.3 Å². The Morgan fingerprint density at radius 2 is 1.73 bits per heavy atom. The molecule has 0 aromatic heterocycles. The topological polar surface area (TPSA) is 46.2 Å². The number of alkyl halides is 2. The zero-order valence-corrected chi connectivity index (χ0v) is 11.7. The van der Waals surface area contributed by atoms with Crippen LogP contribution in [0.3, 0.4) is 0 Å². The highest BCUT2D eigenvalue weighted by atomic mass is 35.5. The summed E-state index contributed by atoms with van der Waals surface area (Å²) in [5, 5.41) is 2.73. The molecule has 3 nitrogen and oxygen atoms in total. The SMILES string of the molecule is CC(C)S(=O)(=O)CCNC(C)(CCl)CCl. The molecule has 15 heavy (non-hydrogen) atoms. The van der Waals surface area contributed by atoms with E-state index in [9.17, 15) is 8.42 Å². The van der Waals surface area contributed by atoms with Crippen molar-refractivity contribution in [1.82, 2.24) is 5.32 Å². The molecule has 0 aliphatic rings. The van der Waals surface area contributed by atoms with Gasteiger partial charge in [-0.15, -0.1) is 23.2 Å². The highest BCUT2D eigenvalue weighted by Crippen LogP contribution is 2.09. The molecule has 0 heterocycles. The Labute approximate surface area is 102 Å². The van der Waals surface area contributed by atoms with Crippen molar-refractivity contribution < 1.29 is 8.42 Å². The van der Waals surface area contributed by atoms with Crippen molar-refractivity contribution in [2.45, 2.75) is 31.6 Å². The van der Waals surface area contributed by atoms with Crippen LogP contribution < -0.4 is 5.32 Å². The van der Waals surface area contributed by atoms with E-state index in [4.69, 9.17) is 23.2 Å². The van der Waals surface area contributed by atoms with Gasteiger partial charge in [-0.05, 0) is 20.8 Å². The lowest BCUT2D eigenvalue weighted by atomic mass is 10.1. The van der Waals surface area contributed by atoms with E-state index in [2.05, 4.69) is 5.32 Å². The lowest BCUT2D eigenvalue weighted by Crippen LogP contribution is -2.48. The number of rotatable bonds is 7. The number of sulfone groups is 1.